The lowest BCUT2D eigenvalue weighted by Crippen LogP contribution is -2.35. The van der Waals surface area contributed by atoms with Crippen molar-refractivity contribution in [3.8, 4) is 0 Å². The minimum atomic E-state index is -0.143. The van der Waals surface area contributed by atoms with Crippen molar-refractivity contribution >= 4 is 23.2 Å². The van der Waals surface area contributed by atoms with Crippen molar-refractivity contribution in [1.82, 2.24) is 0 Å². The van der Waals surface area contributed by atoms with Gasteiger partial charge in [0.1, 0.15) is 0 Å². The Hall–Kier alpha value is -2.56. The highest BCUT2D eigenvalue weighted by molar-refractivity contribution is 6.05. The maximum Gasteiger partial charge on any atom is 0.293 e. The molecule has 0 fully saturated rings. The minimum Gasteiger partial charge on any atom is -0.459 e. The first-order valence-corrected chi connectivity index (χ1v) is 8.47. The van der Waals surface area contributed by atoms with E-state index in [1.54, 1.807) is 17.0 Å². The summed E-state index contributed by atoms with van der Waals surface area (Å²) in [7, 11) is 0. The van der Waals surface area contributed by atoms with Gasteiger partial charge in [0.05, 0.1) is 6.26 Å². The maximum atomic E-state index is 12.6. The van der Waals surface area contributed by atoms with E-state index < -0.39 is 0 Å². The van der Waals surface area contributed by atoms with E-state index in [4.69, 9.17) is 4.42 Å². The van der Waals surface area contributed by atoms with Gasteiger partial charge in [0.15, 0.2) is 5.76 Å². The van der Waals surface area contributed by atoms with Crippen LogP contribution in [0.25, 0.3) is 0 Å². The number of rotatable bonds is 5. The molecule has 0 atom stereocenters. The predicted octanol–water partition coefficient (Wildman–Crippen LogP) is 4.00. The molecule has 24 heavy (non-hydrogen) atoms. The molecule has 1 aliphatic heterocycles. The fourth-order valence-electron chi connectivity index (χ4n) is 2.96. The molecule has 1 aromatic carbocycles. The molecule has 2 heterocycles. The topological polar surface area (TPSA) is 62.6 Å². The van der Waals surface area contributed by atoms with Gasteiger partial charge in [-0.05, 0) is 49.1 Å². The molecule has 126 valence electrons. The number of furan rings is 1. The first-order valence-electron chi connectivity index (χ1n) is 8.47. The van der Waals surface area contributed by atoms with Crippen molar-refractivity contribution < 1.29 is 14.0 Å². The summed E-state index contributed by atoms with van der Waals surface area (Å²) in [6.07, 6.45) is 5.73. The van der Waals surface area contributed by atoms with E-state index >= 15 is 0 Å². The number of carbonyl (C=O) groups is 2. The number of hydrogen-bond donors (Lipinski definition) is 1. The summed E-state index contributed by atoms with van der Waals surface area (Å²) in [6.45, 7) is 2.71. The lowest BCUT2D eigenvalue weighted by atomic mass is 10.0. The van der Waals surface area contributed by atoms with Crippen LogP contribution in [0.4, 0.5) is 11.4 Å². The van der Waals surface area contributed by atoms with Gasteiger partial charge in [-0.25, -0.2) is 0 Å². The Balaban J connectivity index is 1.82. The zero-order chi connectivity index (χ0) is 16.9. The molecule has 1 N–H and O–H groups in total. The van der Waals surface area contributed by atoms with Crippen molar-refractivity contribution in [2.75, 3.05) is 16.8 Å². The predicted molar refractivity (Wildman–Crippen MR) is 93.3 cm³/mol. The lowest BCUT2D eigenvalue weighted by molar-refractivity contribution is -0.116. The summed E-state index contributed by atoms with van der Waals surface area (Å²) in [5.41, 5.74) is 2.71. The second-order valence-electron chi connectivity index (χ2n) is 6.03. The molecular formula is C19H22N2O3. The smallest absolute Gasteiger partial charge is 0.293 e. The normalized spacial score (nSPS) is 13.5. The highest BCUT2D eigenvalue weighted by Crippen LogP contribution is 2.31. The average Bonchev–Trinajstić information content (AvgIpc) is 3.13. The lowest BCUT2D eigenvalue weighted by Gasteiger charge is -2.29. The number of anilines is 2. The standard InChI is InChI=1S/C19H22N2O3/c1-2-3-8-18(22)20-15-10-9-14-6-4-11-21(16(14)13-15)19(23)17-7-5-12-24-17/h5,7,9-10,12-13H,2-4,6,8,11H2,1H3,(H,20,22). The third kappa shape index (κ3) is 3.50. The third-order valence-electron chi connectivity index (χ3n) is 4.22. The summed E-state index contributed by atoms with van der Waals surface area (Å²) in [4.78, 5) is 26.3. The SMILES string of the molecule is CCCCC(=O)Nc1ccc2c(c1)N(C(=O)c1ccco1)CCC2. The molecule has 3 rings (SSSR count). The second kappa shape index (κ2) is 7.34. The van der Waals surface area contributed by atoms with Crippen LogP contribution in [-0.2, 0) is 11.2 Å². The number of hydrogen-bond acceptors (Lipinski definition) is 3. The zero-order valence-corrected chi connectivity index (χ0v) is 13.9. The van der Waals surface area contributed by atoms with Crippen molar-refractivity contribution in [3.63, 3.8) is 0 Å². The third-order valence-corrected chi connectivity index (χ3v) is 4.22. The molecule has 5 nitrogen and oxygen atoms in total. The molecule has 0 radical (unpaired) electrons. The van der Waals surface area contributed by atoms with Crippen LogP contribution >= 0.6 is 0 Å². The van der Waals surface area contributed by atoms with Crippen LogP contribution in [0.15, 0.2) is 41.0 Å². The summed E-state index contributed by atoms with van der Waals surface area (Å²) < 4.78 is 5.24. The second-order valence-corrected chi connectivity index (χ2v) is 6.03. The average molecular weight is 326 g/mol. The molecule has 0 saturated heterocycles. The summed E-state index contributed by atoms with van der Waals surface area (Å²) >= 11 is 0. The van der Waals surface area contributed by atoms with Crippen LogP contribution in [0.3, 0.4) is 0 Å². The number of benzene rings is 1. The Morgan fingerprint density at radius 2 is 2.17 bits per heavy atom. The Kier molecular flexibility index (Phi) is 4.99. The Bertz CT molecular complexity index is 722. The number of fused-ring (bicyclic) bond motifs is 1. The van der Waals surface area contributed by atoms with Crippen LogP contribution in [0.5, 0.6) is 0 Å². The zero-order valence-electron chi connectivity index (χ0n) is 13.9. The molecule has 0 aliphatic carbocycles. The van der Waals surface area contributed by atoms with Gasteiger partial charge < -0.3 is 14.6 Å². The Morgan fingerprint density at radius 1 is 1.29 bits per heavy atom. The number of amides is 2. The van der Waals surface area contributed by atoms with Gasteiger partial charge in [-0.1, -0.05) is 19.4 Å². The maximum absolute atomic E-state index is 12.6. The number of aryl methyl sites for hydroxylation is 1. The van der Waals surface area contributed by atoms with E-state index in [1.807, 2.05) is 18.2 Å². The van der Waals surface area contributed by atoms with E-state index in [2.05, 4.69) is 12.2 Å². The van der Waals surface area contributed by atoms with Crippen LogP contribution in [-0.4, -0.2) is 18.4 Å². The summed E-state index contributed by atoms with van der Waals surface area (Å²) in [5, 5.41) is 2.92. The number of carbonyl (C=O) groups excluding carboxylic acids is 2. The van der Waals surface area contributed by atoms with Gasteiger partial charge in [0, 0.05) is 24.3 Å². The first kappa shape index (κ1) is 16.3. The molecular weight excluding hydrogens is 304 g/mol. The Labute approximate surface area is 141 Å². The number of nitrogens with one attached hydrogen (secondary N) is 1. The van der Waals surface area contributed by atoms with Crippen LogP contribution in [0.1, 0.15) is 48.7 Å². The van der Waals surface area contributed by atoms with Crippen LogP contribution in [0.2, 0.25) is 0 Å². The molecule has 0 bridgehead atoms. The first-order chi connectivity index (χ1) is 11.7. The van der Waals surface area contributed by atoms with E-state index in [0.717, 1.165) is 42.6 Å². The van der Waals surface area contributed by atoms with E-state index in [9.17, 15) is 9.59 Å². The number of unbranched alkanes of at least 4 members (excludes halogenated alkanes) is 1. The van der Waals surface area contributed by atoms with Crippen LogP contribution in [0, 0.1) is 0 Å². The van der Waals surface area contributed by atoms with Crippen molar-refractivity contribution in [3.05, 3.63) is 47.9 Å². The quantitative estimate of drug-likeness (QED) is 0.903. The fourth-order valence-corrected chi connectivity index (χ4v) is 2.96. The monoisotopic (exact) mass is 326 g/mol. The van der Waals surface area contributed by atoms with Crippen molar-refractivity contribution in [2.45, 2.75) is 39.0 Å². The van der Waals surface area contributed by atoms with Gasteiger partial charge in [-0.3, -0.25) is 9.59 Å². The van der Waals surface area contributed by atoms with E-state index in [1.165, 1.54) is 6.26 Å². The van der Waals surface area contributed by atoms with Gasteiger partial charge in [-0.15, -0.1) is 0 Å². The van der Waals surface area contributed by atoms with Crippen LogP contribution < -0.4 is 10.2 Å². The van der Waals surface area contributed by atoms with E-state index in [-0.39, 0.29) is 11.8 Å². The molecule has 0 unspecified atom stereocenters. The van der Waals surface area contributed by atoms with Gasteiger partial charge in [-0.2, -0.15) is 0 Å². The summed E-state index contributed by atoms with van der Waals surface area (Å²) in [5.74, 6) is 0.201. The molecule has 2 aromatic rings. The highest BCUT2D eigenvalue weighted by Gasteiger charge is 2.25. The minimum absolute atomic E-state index is 0.0107. The molecule has 0 saturated carbocycles. The van der Waals surface area contributed by atoms with Crippen molar-refractivity contribution in [2.24, 2.45) is 0 Å². The molecule has 5 heteroatoms. The van der Waals surface area contributed by atoms with Crippen molar-refractivity contribution in [1.29, 1.82) is 0 Å². The fraction of sp³-hybridized carbons (Fsp3) is 0.368. The van der Waals surface area contributed by atoms with Gasteiger partial charge in [0.25, 0.3) is 5.91 Å². The van der Waals surface area contributed by atoms with Gasteiger partial charge >= 0.3 is 0 Å². The molecule has 1 aromatic heterocycles. The highest BCUT2D eigenvalue weighted by atomic mass is 16.3. The molecule has 2 amide bonds. The molecule has 0 spiro atoms. The Morgan fingerprint density at radius 3 is 2.92 bits per heavy atom. The largest absolute Gasteiger partial charge is 0.459 e. The molecule has 1 aliphatic rings. The summed E-state index contributed by atoms with van der Waals surface area (Å²) in [6, 6.07) is 9.17. The number of nitrogens with zero attached hydrogens (tertiary/aromatic N) is 1. The van der Waals surface area contributed by atoms with E-state index in [0.29, 0.717) is 18.7 Å². The van der Waals surface area contributed by atoms with Gasteiger partial charge in [0.2, 0.25) is 5.91 Å².